The smallest absolute Gasteiger partial charge is 0.252 e. The quantitative estimate of drug-likeness (QED) is 0.838. The van der Waals surface area contributed by atoms with E-state index in [1.807, 2.05) is 13.0 Å². The zero-order valence-electron chi connectivity index (χ0n) is 9.82. The highest BCUT2D eigenvalue weighted by Gasteiger charge is 2.14. The Kier molecular flexibility index (Phi) is 3.29. The highest BCUT2D eigenvalue weighted by molar-refractivity contribution is 5.43. The Labute approximate surface area is 95.2 Å². The Morgan fingerprint density at radius 3 is 3.00 bits per heavy atom. The molecule has 0 unspecified atom stereocenters. The first-order chi connectivity index (χ1) is 7.66. The third-order valence-corrected chi connectivity index (χ3v) is 3.06. The van der Waals surface area contributed by atoms with Crippen LogP contribution in [0.4, 0.5) is 5.69 Å². The van der Waals surface area contributed by atoms with Gasteiger partial charge in [-0.3, -0.25) is 4.79 Å². The predicted octanol–water partition coefficient (Wildman–Crippen LogP) is 1.28. The van der Waals surface area contributed by atoms with Crippen molar-refractivity contribution in [1.82, 2.24) is 4.57 Å². The fourth-order valence-electron chi connectivity index (χ4n) is 1.91. The van der Waals surface area contributed by atoms with Gasteiger partial charge in [0.15, 0.2) is 0 Å². The van der Waals surface area contributed by atoms with Crippen molar-refractivity contribution in [1.29, 1.82) is 0 Å². The monoisotopic (exact) mass is 222 g/mol. The standard InChI is InChI=1S/C12H18N2O2/c1-9-6-10(7-12(15)14(9)2)13-8-11-4-3-5-16-11/h6-7,11,13H,3-5,8H2,1-2H3/t11-/m1/s1. The van der Waals surface area contributed by atoms with Crippen LogP contribution in [0.3, 0.4) is 0 Å². The summed E-state index contributed by atoms with van der Waals surface area (Å²) in [5, 5.41) is 3.26. The maximum atomic E-state index is 11.5. The summed E-state index contributed by atoms with van der Waals surface area (Å²) in [4.78, 5) is 11.5. The normalized spacial score (nSPS) is 20.0. The molecule has 0 saturated carbocycles. The minimum Gasteiger partial charge on any atom is -0.382 e. The van der Waals surface area contributed by atoms with E-state index in [4.69, 9.17) is 4.74 Å². The van der Waals surface area contributed by atoms with Gasteiger partial charge in [0.25, 0.3) is 5.56 Å². The number of nitrogens with zero attached hydrogens (tertiary/aromatic N) is 1. The largest absolute Gasteiger partial charge is 0.382 e. The van der Waals surface area contributed by atoms with Crippen LogP contribution in [0.25, 0.3) is 0 Å². The first-order valence-corrected chi connectivity index (χ1v) is 5.70. The first-order valence-electron chi connectivity index (χ1n) is 5.70. The molecule has 4 nitrogen and oxygen atoms in total. The molecule has 1 fully saturated rings. The fraction of sp³-hybridized carbons (Fsp3) is 0.583. The second-order valence-corrected chi connectivity index (χ2v) is 4.30. The van der Waals surface area contributed by atoms with E-state index < -0.39 is 0 Å². The van der Waals surface area contributed by atoms with Gasteiger partial charge in [-0.15, -0.1) is 0 Å². The Hall–Kier alpha value is -1.29. The lowest BCUT2D eigenvalue weighted by molar-refractivity contribution is 0.120. The Balaban J connectivity index is 2.01. The summed E-state index contributed by atoms with van der Waals surface area (Å²) in [7, 11) is 1.78. The van der Waals surface area contributed by atoms with E-state index in [2.05, 4.69) is 5.32 Å². The highest BCUT2D eigenvalue weighted by Crippen LogP contribution is 2.13. The van der Waals surface area contributed by atoms with Gasteiger partial charge in [-0.2, -0.15) is 0 Å². The molecule has 1 atom stereocenters. The second-order valence-electron chi connectivity index (χ2n) is 4.30. The van der Waals surface area contributed by atoms with E-state index in [0.29, 0.717) is 6.10 Å². The molecule has 1 aliphatic heterocycles. The van der Waals surface area contributed by atoms with Crippen molar-refractivity contribution >= 4 is 5.69 Å². The number of aromatic nitrogens is 1. The highest BCUT2D eigenvalue weighted by atomic mass is 16.5. The summed E-state index contributed by atoms with van der Waals surface area (Å²) >= 11 is 0. The van der Waals surface area contributed by atoms with Crippen molar-refractivity contribution in [3.8, 4) is 0 Å². The van der Waals surface area contributed by atoms with Gasteiger partial charge >= 0.3 is 0 Å². The molecule has 16 heavy (non-hydrogen) atoms. The van der Waals surface area contributed by atoms with Crippen molar-refractivity contribution in [3.05, 3.63) is 28.2 Å². The SMILES string of the molecule is Cc1cc(NC[C@H]2CCCO2)cc(=O)n1C. The number of rotatable bonds is 3. The lowest BCUT2D eigenvalue weighted by atomic mass is 10.2. The topological polar surface area (TPSA) is 43.3 Å². The van der Waals surface area contributed by atoms with E-state index >= 15 is 0 Å². The number of nitrogens with one attached hydrogen (secondary N) is 1. The Morgan fingerprint density at radius 2 is 2.38 bits per heavy atom. The number of aryl methyl sites for hydroxylation is 1. The molecule has 1 aromatic heterocycles. The van der Waals surface area contributed by atoms with Crippen molar-refractivity contribution in [2.75, 3.05) is 18.5 Å². The molecular formula is C12H18N2O2. The van der Waals surface area contributed by atoms with Crippen LogP contribution in [-0.4, -0.2) is 23.8 Å². The molecule has 0 amide bonds. The molecule has 0 radical (unpaired) electrons. The lowest BCUT2D eigenvalue weighted by Gasteiger charge is -2.13. The molecule has 2 heterocycles. The molecular weight excluding hydrogens is 204 g/mol. The molecule has 1 aromatic rings. The van der Waals surface area contributed by atoms with E-state index in [9.17, 15) is 4.79 Å². The van der Waals surface area contributed by atoms with Crippen LogP contribution in [-0.2, 0) is 11.8 Å². The number of ether oxygens (including phenoxy) is 1. The van der Waals surface area contributed by atoms with Crippen LogP contribution in [0, 0.1) is 6.92 Å². The van der Waals surface area contributed by atoms with Gasteiger partial charge in [0.2, 0.25) is 0 Å². The summed E-state index contributed by atoms with van der Waals surface area (Å²) in [5.74, 6) is 0. The minimum atomic E-state index is 0.0230. The molecule has 0 bridgehead atoms. The van der Waals surface area contributed by atoms with E-state index in [-0.39, 0.29) is 5.56 Å². The van der Waals surface area contributed by atoms with E-state index in [1.165, 1.54) is 0 Å². The minimum absolute atomic E-state index is 0.0230. The van der Waals surface area contributed by atoms with Crippen molar-refractivity contribution in [2.24, 2.45) is 7.05 Å². The van der Waals surface area contributed by atoms with Crippen LogP contribution < -0.4 is 10.9 Å². The van der Waals surface area contributed by atoms with Crippen LogP contribution in [0.5, 0.6) is 0 Å². The van der Waals surface area contributed by atoms with Crippen LogP contribution >= 0.6 is 0 Å². The summed E-state index contributed by atoms with van der Waals surface area (Å²) in [6.45, 7) is 3.58. The first kappa shape index (κ1) is 11.2. The molecule has 4 heteroatoms. The zero-order valence-corrected chi connectivity index (χ0v) is 9.82. The molecule has 0 aliphatic carbocycles. The molecule has 88 valence electrons. The van der Waals surface area contributed by atoms with Gasteiger partial charge in [0, 0.05) is 37.6 Å². The molecule has 0 spiro atoms. The third kappa shape index (κ3) is 2.44. The number of anilines is 1. The van der Waals surface area contributed by atoms with Gasteiger partial charge in [0.05, 0.1) is 6.10 Å². The van der Waals surface area contributed by atoms with Crippen LogP contribution in [0.15, 0.2) is 16.9 Å². The van der Waals surface area contributed by atoms with Crippen LogP contribution in [0.1, 0.15) is 18.5 Å². The van der Waals surface area contributed by atoms with E-state index in [1.54, 1.807) is 17.7 Å². The van der Waals surface area contributed by atoms with Gasteiger partial charge < -0.3 is 14.6 Å². The molecule has 1 saturated heterocycles. The summed E-state index contributed by atoms with van der Waals surface area (Å²) in [6, 6.07) is 3.61. The molecule has 2 rings (SSSR count). The van der Waals surface area contributed by atoms with Gasteiger partial charge in [-0.25, -0.2) is 0 Å². The average molecular weight is 222 g/mol. The molecule has 0 aromatic carbocycles. The summed E-state index contributed by atoms with van der Waals surface area (Å²) in [6.07, 6.45) is 2.54. The van der Waals surface area contributed by atoms with Gasteiger partial charge in [-0.1, -0.05) is 0 Å². The molecule has 1 aliphatic rings. The third-order valence-electron chi connectivity index (χ3n) is 3.06. The Bertz CT molecular complexity index is 420. The maximum Gasteiger partial charge on any atom is 0.252 e. The van der Waals surface area contributed by atoms with Gasteiger partial charge in [-0.05, 0) is 25.8 Å². The second kappa shape index (κ2) is 4.70. The maximum absolute atomic E-state index is 11.5. The number of hydrogen-bond donors (Lipinski definition) is 1. The predicted molar refractivity (Wildman–Crippen MR) is 63.9 cm³/mol. The van der Waals surface area contributed by atoms with Crippen molar-refractivity contribution in [3.63, 3.8) is 0 Å². The summed E-state index contributed by atoms with van der Waals surface area (Å²) in [5.41, 5.74) is 1.87. The molecule has 1 N–H and O–H groups in total. The van der Waals surface area contributed by atoms with Crippen LogP contribution in [0.2, 0.25) is 0 Å². The average Bonchev–Trinajstić information content (AvgIpc) is 2.75. The van der Waals surface area contributed by atoms with Gasteiger partial charge in [0.1, 0.15) is 0 Å². The van der Waals surface area contributed by atoms with Crippen molar-refractivity contribution in [2.45, 2.75) is 25.9 Å². The van der Waals surface area contributed by atoms with E-state index in [0.717, 1.165) is 37.4 Å². The number of hydrogen-bond acceptors (Lipinski definition) is 3. The zero-order chi connectivity index (χ0) is 11.5. The fourth-order valence-corrected chi connectivity index (χ4v) is 1.91. The number of pyridine rings is 1. The lowest BCUT2D eigenvalue weighted by Crippen LogP contribution is -2.22. The van der Waals surface area contributed by atoms with Crippen molar-refractivity contribution < 1.29 is 4.74 Å². The summed E-state index contributed by atoms with van der Waals surface area (Å²) < 4.78 is 7.15. The Morgan fingerprint density at radius 1 is 1.56 bits per heavy atom.